The molecule has 0 bridgehead atoms. The second kappa shape index (κ2) is 21.8. The number of rotatable bonds is 21. The van der Waals surface area contributed by atoms with Crippen LogP contribution in [0.15, 0.2) is 79.9 Å². The van der Waals surface area contributed by atoms with E-state index in [4.69, 9.17) is 18.9 Å². The summed E-state index contributed by atoms with van der Waals surface area (Å²) in [7, 11) is 0. The highest BCUT2D eigenvalue weighted by atomic mass is 17.2. The van der Waals surface area contributed by atoms with Crippen LogP contribution in [0.3, 0.4) is 0 Å². The van der Waals surface area contributed by atoms with Crippen LogP contribution in [0.2, 0.25) is 0 Å². The SMILES string of the molecule is C=CC(=O)OCCCCCCOc1ccc(C=CC(=O)OOC(=O)c2ccc(OCCCCCCOC(=O)C=C)cc2)cc1. The van der Waals surface area contributed by atoms with Crippen LogP contribution in [0.1, 0.15) is 67.3 Å². The molecule has 10 nitrogen and oxygen atoms in total. The van der Waals surface area contributed by atoms with Crippen LogP contribution in [-0.4, -0.2) is 50.3 Å². The molecule has 0 atom stereocenters. The van der Waals surface area contributed by atoms with Crippen molar-refractivity contribution in [3.8, 4) is 11.5 Å². The van der Waals surface area contributed by atoms with E-state index in [0.717, 1.165) is 75.2 Å². The van der Waals surface area contributed by atoms with Crippen LogP contribution >= 0.6 is 0 Å². The van der Waals surface area contributed by atoms with Crippen molar-refractivity contribution in [3.05, 3.63) is 91.0 Å². The summed E-state index contributed by atoms with van der Waals surface area (Å²) in [5, 5.41) is 0. The molecule has 0 aliphatic rings. The van der Waals surface area contributed by atoms with E-state index in [1.807, 2.05) is 0 Å². The smallest absolute Gasteiger partial charge is 0.386 e. The molecule has 2 aromatic rings. The summed E-state index contributed by atoms with van der Waals surface area (Å²) in [6.07, 6.45) is 12.0. The molecule has 0 spiro atoms. The first kappa shape index (κ1) is 35.3. The van der Waals surface area contributed by atoms with Gasteiger partial charge in [0.05, 0.1) is 32.0 Å². The summed E-state index contributed by atoms with van der Waals surface area (Å²) in [6.45, 7) is 8.54. The lowest BCUT2D eigenvalue weighted by Crippen LogP contribution is -2.09. The first-order valence-corrected chi connectivity index (χ1v) is 14.6. The summed E-state index contributed by atoms with van der Waals surface area (Å²) < 4.78 is 21.2. The molecule has 0 saturated carbocycles. The van der Waals surface area contributed by atoms with Crippen molar-refractivity contribution in [3.63, 3.8) is 0 Å². The molecule has 2 aromatic carbocycles. The van der Waals surface area contributed by atoms with E-state index in [9.17, 15) is 19.2 Å². The van der Waals surface area contributed by atoms with E-state index in [-0.39, 0.29) is 5.56 Å². The average Bonchev–Trinajstić information content (AvgIpc) is 3.05. The van der Waals surface area contributed by atoms with E-state index < -0.39 is 23.9 Å². The van der Waals surface area contributed by atoms with Gasteiger partial charge in [-0.25, -0.2) is 29.0 Å². The lowest BCUT2D eigenvalue weighted by atomic mass is 10.2. The van der Waals surface area contributed by atoms with Gasteiger partial charge in [-0.15, -0.1) is 0 Å². The van der Waals surface area contributed by atoms with Crippen molar-refractivity contribution in [1.29, 1.82) is 0 Å². The van der Waals surface area contributed by atoms with Crippen molar-refractivity contribution in [2.24, 2.45) is 0 Å². The van der Waals surface area contributed by atoms with Crippen LogP contribution in [-0.2, 0) is 33.6 Å². The normalized spacial score (nSPS) is 10.5. The molecule has 2 rings (SSSR count). The van der Waals surface area contributed by atoms with Gasteiger partial charge in [0, 0.05) is 18.2 Å². The molecule has 0 N–H and O–H groups in total. The molecule has 0 fully saturated rings. The third kappa shape index (κ3) is 16.0. The zero-order valence-corrected chi connectivity index (χ0v) is 24.9. The number of ether oxygens (including phenoxy) is 4. The number of unbranched alkanes of at least 4 members (excludes halogenated alkanes) is 6. The van der Waals surface area contributed by atoms with Gasteiger partial charge in [-0.05, 0) is 99.4 Å². The Hall–Kier alpha value is -4.86. The fourth-order valence-corrected chi connectivity index (χ4v) is 3.64. The highest BCUT2D eigenvalue weighted by molar-refractivity contribution is 5.91. The van der Waals surface area contributed by atoms with Gasteiger partial charge in [0.15, 0.2) is 0 Å². The van der Waals surface area contributed by atoms with E-state index in [0.29, 0.717) is 37.9 Å². The molecule has 236 valence electrons. The van der Waals surface area contributed by atoms with Crippen molar-refractivity contribution in [1.82, 2.24) is 0 Å². The maximum Gasteiger partial charge on any atom is 0.386 e. The standard InChI is InChI=1S/C34H40O10/c1-3-31(35)41-25-11-7-5-9-23-39-29-18-13-27(14-19-29)15-22-33(37)43-44-34(38)28-16-20-30(21-17-28)40-24-10-6-8-12-26-42-32(36)4-2/h3-4,13-22H,1-2,5-12,23-26H2. The number of hydrogen-bond donors (Lipinski definition) is 0. The second-order valence-corrected chi connectivity index (χ2v) is 9.47. The van der Waals surface area contributed by atoms with Crippen LogP contribution in [0.4, 0.5) is 0 Å². The first-order valence-electron chi connectivity index (χ1n) is 14.6. The Labute approximate surface area is 258 Å². The third-order valence-corrected chi connectivity index (χ3v) is 6.02. The molecule has 0 unspecified atom stereocenters. The zero-order chi connectivity index (χ0) is 31.8. The molecular weight excluding hydrogens is 568 g/mol. The summed E-state index contributed by atoms with van der Waals surface area (Å²) in [5.74, 6) is -1.16. The van der Waals surface area contributed by atoms with Gasteiger partial charge in [-0.3, -0.25) is 0 Å². The Morgan fingerprint density at radius 2 is 1.00 bits per heavy atom. The third-order valence-electron chi connectivity index (χ3n) is 6.02. The fraction of sp³-hybridized carbons (Fsp3) is 0.353. The quantitative estimate of drug-likeness (QED) is 0.0520. The molecule has 44 heavy (non-hydrogen) atoms. The van der Waals surface area contributed by atoms with E-state index >= 15 is 0 Å². The maximum absolute atomic E-state index is 12.2. The number of carbonyl (C=O) groups excluding carboxylic acids is 4. The maximum atomic E-state index is 12.2. The molecule has 0 aromatic heterocycles. The molecule has 0 aliphatic heterocycles. The monoisotopic (exact) mass is 608 g/mol. The molecule has 0 saturated heterocycles. The Morgan fingerprint density at radius 1 is 0.545 bits per heavy atom. The predicted octanol–water partition coefficient (Wildman–Crippen LogP) is 6.35. The molecular formula is C34H40O10. The van der Waals surface area contributed by atoms with Gasteiger partial charge in [-0.1, -0.05) is 25.3 Å². The first-order chi connectivity index (χ1) is 21.4. The predicted molar refractivity (Wildman–Crippen MR) is 164 cm³/mol. The van der Waals surface area contributed by atoms with Crippen LogP contribution < -0.4 is 9.47 Å². The molecule has 0 heterocycles. The molecule has 10 heteroatoms. The van der Waals surface area contributed by atoms with Crippen molar-refractivity contribution < 1.29 is 47.9 Å². The van der Waals surface area contributed by atoms with Crippen LogP contribution in [0.5, 0.6) is 11.5 Å². The number of esters is 2. The minimum absolute atomic E-state index is 0.202. The van der Waals surface area contributed by atoms with E-state index in [2.05, 4.69) is 22.9 Å². The second-order valence-electron chi connectivity index (χ2n) is 9.47. The van der Waals surface area contributed by atoms with Gasteiger partial charge >= 0.3 is 23.9 Å². The molecule has 0 radical (unpaired) electrons. The van der Waals surface area contributed by atoms with Gasteiger partial charge in [0.25, 0.3) is 0 Å². The van der Waals surface area contributed by atoms with Gasteiger partial charge in [0.2, 0.25) is 0 Å². The highest BCUT2D eigenvalue weighted by Crippen LogP contribution is 2.16. The largest absolute Gasteiger partial charge is 0.494 e. The topological polar surface area (TPSA) is 124 Å². The summed E-state index contributed by atoms with van der Waals surface area (Å²) in [4.78, 5) is 55.3. The lowest BCUT2D eigenvalue weighted by molar-refractivity contribution is -0.228. The summed E-state index contributed by atoms with van der Waals surface area (Å²) >= 11 is 0. The number of hydrogen-bond acceptors (Lipinski definition) is 10. The van der Waals surface area contributed by atoms with Gasteiger partial charge in [-0.2, -0.15) is 0 Å². The van der Waals surface area contributed by atoms with Crippen LogP contribution in [0, 0.1) is 0 Å². The van der Waals surface area contributed by atoms with E-state index in [1.54, 1.807) is 36.4 Å². The minimum Gasteiger partial charge on any atom is -0.494 e. The fourth-order valence-electron chi connectivity index (χ4n) is 3.64. The van der Waals surface area contributed by atoms with Gasteiger partial charge in [0.1, 0.15) is 11.5 Å². The Kier molecular flexibility index (Phi) is 17.5. The Morgan fingerprint density at radius 3 is 1.48 bits per heavy atom. The summed E-state index contributed by atoms with van der Waals surface area (Å²) in [5.41, 5.74) is 0.937. The number of benzene rings is 2. The summed E-state index contributed by atoms with van der Waals surface area (Å²) in [6, 6.07) is 13.4. The number of carbonyl (C=O) groups is 4. The Bertz CT molecular complexity index is 1220. The van der Waals surface area contributed by atoms with Gasteiger partial charge < -0.3 is 18.9 Å². The zero-order valence-electron chi connectivity index (χ0n) is 24.9. The van der Waals surface area contributed by atoms with E-state index in [1.165, 1.54) is 18.2 Å². The molecule has 0 aliphatic carbocycles. The highest BCUT2D eigenvalue weighted by Gasteiger charge is 2.11. The lowest BCUT2D eigenvalue weighted by Gasteiger charge is -2.07. The van der Waals surface area contributed by atoms with Crippen molar-refractivity contribution >= 4 is 30.0 Å². The van der Waals surface area contributed by atoms with Crippen molar-refractivity contribution in [2.75, 3.05) is 26.4 Å². The Balaban J connectivity index is 1.57. The van der Waals surface area contributed by atoms with Crippen LogP contribution in [0.25, 0.3) is 6.08 Å². The average molecular weight is 609 g/mol. The van der Waals surface area contributed by atoms with Crippen molar-refractivity contribution in [2.45, 2.75) is 51.4 Å². The molecule has 0 amide bonds. The minimum atomic E-state index is -0.836.